The van der Waals surface area contributed by atoms with Crippen LogP contribution >= 0.6 is 11.3 Å². The zero-order valence-corrected chi connectivity index (χ0v) is 12.8. The number of hydrogen-bond donors (Lipinski definition) is 2. The van der Waals surface area contributed by atoms with Gasteiger partial charge < -0.3 is 10.4 Å². The summed E-state index contributed by atoms with van der Waals surface area (Å²) in [5, 5.41) is 13.0. The standard InChI is InChI=1S/C13H17NO4S2/c1-20(17,18)8-4-6-14-13(16)11-9-12(19-10-11)5-2-3-7-15/h9-10,15H,3-4,6-8H2,1H3,(H,14,16). The summed E-state index contributed by atoms with van der Waals surface area (Å²) in [7, 11) is -2.98. The number of aliphatic hydroxyl groups is 1. The third-order valence-electron chi connectivity index (χ3n) is 2.29. The molecule has 0 bridgehead atoms. The second-order valence-electron chi connectivity index (χ2n) is 4.21. The fraction of sp³-hybridized carbons (Fsp3) is 0.462. The highest BCUT2D eigenvalue weighted by molar-refractivity contribution is 7.90. The molecule has 1 amide bonds. The third-order valence-corrected chi connectivity index (χ3v) is 4.16. The summed E-state index contributed by atoms with van der Waals surface area (Å²) >= 11 is 1.36. The van der Waals surface area contributed by atoms with E-state index in [4.69, 9.17) is 5.11 Å². The predicted molar refractivity (Wildman–Crippen MR) is 79.6 cm³/mol. The Kier molecular flexibility index (Phi) is 6.71. The van der Waals surface area contributed by atoms with Crippen LogP contribution in [0.5, 0.6) is 0 Å². The molecule has 0 unspecified atom stereocenters. The Hall–Kier alpha value is -1.36. The van der Waals surface area contributed by atoms with Crippen molar-refractivity contribution in [1.82, 2.24) is 5.32 Å². The SMILES string of the molecule is CS(=O)(=O)CCCNC(=O)c1csc(C#CCCO)c1. The first-order valence-electron chi connectivity index (χ1n) is 6.06. The average Bonchev–Trinajstić information content (AvgIpc) is 2.82. The fourth-order valence-corrected chi connectivity index (χ4v) is 2.79. The average molecular weight is 315 g/mol. The molecule has 0 radical (unpaired) electrons. The lowest BCUT2D eigenvalue weighted by molar-refractivity contribution is 0.0954. The molecule has 0 aromatic carbocycles. The number of thiophene rings is 1. The van der Waals surface area contributed by atoms with Crippen LogP contribution in [-0.4, -0.2) is 44.6 Å². The van der Waals surface area contributed by atoms with Crippen LogP contribution in [0.2, 0.25) is 0 Å². The number of amides is 1. The van der Waals surface area contributed by atoms with Crippen LogP contribution in [0.15, 0.2) is 11.4 Å². The lowest BCUT2D eigenvalue weighted by atomic mass is 10.3. The molecule has 0 atom stereocenters. The minimum absolute atomic E-state index is 0.0199. The van der Waals surface area contributed by atoms with Gasteiger partial charge in [0.25, 0.3) is 5.91 Å². The smallest absolute Gasteiger partial charge is 0.252 e. The second kappa shape index (κ2) is 8.04. The quantitative estimate of drug-likeness (QED) is 0.596. The first-order chi connectivity index (χ1) is 9.42. The zero-order chi connectivity index (χ0) is 15.0. The Morgan fingerprint density at radius 1 is 1.50 bits per heavy atom. The van der Waals surface area contributed by atoms with Gasteiger partial charge >= 0.3 is 0 Å². The van der Waals surface area contributed by atoms with Gasteiger partial charge in [0.1, 0.15) is 9.84 Å². The molecule has 20 heavy (non-hydrogen) atoms. The lowest BCUT2D eigenvalue weighted by Crippen LogP contribution is -2.25. The van der Waals surface area contributed by atoms with E-state index in [2.05, 4.69) is 17.2 Å². The van der Waals surface area contributed by atoms with Crippen LogP contribution in [0.25, 0.3) is 0 Å². The van der Waals surface area contributed by atoms with Gasteiger partial charge in [-0.2, -0.15) is 0 Å². The maximum atomic E-state index is 11.8. The largest absolute Gasteiger partial charge is 0.395 e. The third kappa shape index (κ3) is 6.70. The van der Waals surface area contributed by atoms with E-state index in [9.17, 15) is 13.2 Å². The number of hydrogen-bond acceptors (Lipinski definition) is 5. The normalized spacial score (nSPS) is 10.7. The lowest BCUT2D eigenvalue weighted by Gasteiger charge is -2.02. The summed E-state index contributed by atoms with van der Waals surface area (Å²) in [5.74, 6) is 5.47. The minimum atomic E-state index is -2.98. The van der Waals surface area contributed by atoms with Gasteiger partial charge in [0.15, 0.2) is 0 Å². The predicted octanol–water partition coefficient (Wildman–Crippen LogP) is 0.647. The van der Waals surface area contributed by atoms with E-state index in [1.54, 1.807) is 11.4 Å². The van der Waals surface area contributed by atoms with Crippen LogP contribution in [-0.2, 0) is 9.84 Å². The maximum Gasteiger partial charge on any atom is 0.252 e. The number of aliphatic hydroxyl groups excluding tert-OH is 1. The molecule has 7 heteroatoms. The summed E-state index contributed by atoms with van der Waals surface area (Å²) in [6.07, 6.45) is 1.98. The summed E-state index contributed by atoms with van der Waals surface area (Å²) in [6, 6.07) is 1.68. The maximum absolute atomic E-state index is 11.8. The molecular weight excluding hydrogens is 298 g/mol. The van der Waals surface area contributed by atoms with E-state index < -0.39 is 9.84 Å². The Balaban J connectivity index is 2.43. The van der Waals surface area contributed by atoms with Gasteiger partial charge in [-0.05, 0) is 12.5 Å². The van der Waals surface area contributed by atoms with Crippen LogP contribution in [0, 0.1) is 11.8 Å². The van der Waals surface area contributed by atoms with Crippen LogP contribution < -0.4 is 5.32 Å². The van der Waals surface area contributed by atoms with Gasteiger partial charge in [-0.15, -0.1) is 11.3 Å². The molecule has 1 aromatic rings. The molecule has 1 aromatic heterocycles. The molecule has 1 rings (SSSR count). The fourth-order valence-electron chi connectivity index (χ4n) is 1.36. The van der Waals surface area contributed by atoms with E-state index in [0.29, 0.717) is 24.9 Å². The molecule has 1 heterocycles. The van der Waals surface area contributed by atoms with Crippen molar-refractivity contribution in [3.63, 3.8) is 0 Å². The van der Waals surface area contributed by atoms with Gasteiger partial charge in [0.2, 0.25) is 0 Å². The van der Waals surface area contributed by atoms with Crippen molar-refractivity contribution in [3.8, 4) is 11.8 Å². The molecule has 0 spiro atoms. The monoisotopic (exact) mass is 315 g/mol. The number of sulfone groups is 1. The molecule has 110 valence electrons. The van der Waals surface area contributed by atoms with Crippen LogP contribution in [0.4, 0.5) is 0 Å². The van der Waals surface area contributed by atoms with Crippen molar-refractivity contribution in [2.45, 2.75) is 12.8 Å². The molecule has 0 aliphatic carbocycles. The molecule has 0 saturated heterocycles. The first kappa shape index (κ1) is 16.7. The van der Waals surface area contributed by atoms with Crippen molar-refractivity contribution in [1.29, 1.82) is 0 Å². The molecule has 0 aliphatic rings. The summed E-state index contributed by atoms with van der Waals surface area (Å²) in [6.45, 7) is 0.347. The first-order valence-corrected chi connectivity index (χ1v) is 9.00. The van der Waals surface area contributed by atoms with Crippen molar-refractivity contribution in [2.75, 3.05) is 25.2 Å². The van der Waals surface area contributed by atoms with E-state index in [1.165, 1.54) is 17.6 Å². The van der Waals surface area contributed by atoms with E-state index in [0.717, 1.165) is 4.88 Å². The van der Waals surface area contributed by atoms with Gasteiger partial charge in [0.05, 0.1) is 22.8 Å². The topological polar surface area (TPSA) is 83.5 Å². The highest BCUT2D eigenvalue weighted by Gasteiger charge is 2.08. The van der Waals surface area contributed by atoms with Crippen molar-refractivity contribution < 1.29 is 18.3 Å². The van der Waals surface area contributed by atoms with Crippen molar-refractivity contribution >= 4 is 27.1 Å². The van der Waals surface area contributed by atoms with Crippen molar-refractivity contribution in [2.24, 2.45) is 0 Å². The second-order valence-corrected chi connectivity index (χ2v) is 7.39. The number of rotatable bonds is 6. The highest BCUT2D eigenvalue weighted by atomic mass is 32.2. The molecule has 0 aliphatic heterocycles. The Morgan fingerprint density at radius 2 is 2.25 bits per heavy atom. The summed E-state index contributed by atoms with van der Waals surface area (Å²) in [5.41, 5.74) is 0.516. The minimum Gasteiger partial charge on any atom is -0.395 e. The van der Waals surface area contributed by atoms with E-state index in [-0.39, 0.29) is 18.3 Å². The Labute approximate surface area is 122 Å². The molecule has 2 N–H and O–H groups in total. The number of nitrogens with one attached hydrogen (secondary N) is 1. The zero-order valence-electron chi connectivity index (χ0n) is 11.2. The molecule has 5 nitrogen and oxygen atoms in total. The van der Waals surface area contributed by atoms with E-state index in [1.807, 2.05) is 0 Å². The van der Waals surface area contributed by atoms with Gasteiger partial charge in [-0.25, -0.2) is 8.42 Å². The van der Waals surface area contributed by atoms with Crippen LogP contribution in [0.1, 0.15) is 28.1 Å². The number of carbonyl (C=O) groups excluding carboxylic acids is 1. The Morgan fingerprint density at radius 3 is 2.90 bits per heavy atom. The van der Waals surface area contributed by atoms with Crippen LogP contribution in [0.3, 0.4) is 0 Å². The van der Waals surface area contributed by atoms with Gasteiger partial charge in [0, 0.05) is 24.6 Å². The Bertz CT molecular complexity index is 608. The van der Waals surface area contributed by atoms with Gasteiger partial charge in [-0.3, -0.25) is 4.79 Å². The summed E-state index contributed by atoms with van der Waals surface area (Å²) in [4.78, 5) is 12.5. The molecule has 0 fully saturated rings. The van der Waals surface area contributed by atoms with Crippen molar-refractivity contribution in [3.05, 3.63) is 21.9 Å². The number of carbonyl (C=O) groups is 1. The van der Waals surface area contributed by atoms with E-state index >= 15 is 0 Å². The summed E-state index contributed by atoms with van der Waals surface area (Å²) < 4.78 is 21.9. The molecular formula is C13H17NO4S2. The molecule has 0 saturated carbocycles. The van der Waals surface area contributed by atoms with Gasteiger partial charge in [-0.1, -0.05) is 11.8 Å². The highest BCUT2D eigenvalue weighted by Crippen LogP contribution is 2.13.